The Kier molecular flexibility index (Phi) is 5.43. The summed E-state index contributed by atoms with van der Waals surface area (Å²) in [6.45, 7) is 5.14. The molecule has 11 heavy (non-hydrogen) atoms. The molecule has 3 heteroatoms. The van der Waals surface area contributed by atoms with E-state index in [0.717, 1.165) is 19.3 Å². The summed E-state index contributed by atoms with van der Waals surface area (Å²) in [5.74, 6) is -1.97. The molecule has 0 aliphatic heterocycles. The van der Waals surface area contributed by atoms with E-state index < -0.39 is 11.8 Å². The maximum atomic E-state index is 11.9. The van der Waals surface area contributed by atoms with Gasteiger partial charge in [0.25, 0.3) is 0 Å². The second-order valence-corrected chi connectivity index (χ2v) is 2.25. The Morgan fingerprint density at radius 3 is 2.64 bits per heavy atom. The average molecular weight is 160 g/mol. The molecular formula is C8H13FO2. The van der Waals surface area contributed by atoms with Crippen molar-refractivity contribution in [2.45, 2.75) is 26.2 Å². The second kappa shape index (κ2) is 5.89. The number of carbonyl (C=O) groups excluding carboxylic acids is 1. The van der Waals surface area contributed by atoms with Gasteiger partial charge in [0.1, 0.15) is 0 Å². The molecule has 0 unspecified atom stereocenters. The number of unbranched alkanes of at least 4 members (excludes halogenated alkanes) is 2. The number of hydrogen-bond acceptors (Lipinski definition) is 2. The molecule has 0 N–H and O–H groups in total. The first-order valence-electron chi connectivity index (χ1n) is 3.70. The highest BCUT2D eigenvalue weighted by Gasteiger charge is 2.05. The molecule has 0 aromatic carbocycles. The number of halogens is 1. The molecule has 2 nitrogen and oxygen atoms in total. The van der Waals surface area contributed by atoms with Gasteiger partial charge in [0, 0.05) is 0 Å². The number of esters is 1. The molecule has 0 atom stereocenters. The smallest absolute Gasteiger partial charge is 0.366 e. The fourth-order valence-electron chi connectivity index (χ4n) is 0.595. The summed E-state index contributed by atoms with van der Waals surface area (Å²) in [6, 6.07) is 0. The lowest BCUT2D eigenvalue weighted by atomic mass is 10.3. The van der Waals surface area contributed by atoms with E-state index in [2.05, 4.69) is 11.3 Å². The SMILES string of the molecule is C=C(F)C(=O)OCCCCC. The molecule has 0 spiro atoms. The molecule has 64 valence electrons. The highest BCUT2D eigenvalue weighted by Crippen LogP contribution is 1.98. The topological polar surface area (TPSA) is 26.3 Å². The van der Waals surface area contributed by atoms with Gasteiger partial charge >= 0.3 is 5.97 Å². The zero-order valence-electron chi connectivity index (χ0n) is 6.73. The highest BCUT2D eigenvalue weighted by molar-refractivity contribution is 5.85. The van der Waals surface area contributed by atoms with Crippen LogP contribution in [0.5, 0.6) is 0 Å². The summed E-state index contributed by atoms with van der Waals surface area (Å²) >= 11 is 0. The molecule has 0 radical (unpaired) electrons. The Morgan fingerprint density at radius 1 is 1.55 bits per heavy atom. The zero-order chi connectivity index (χ0) is 8.69. The fourth-order valence-corrected chi connectivity index (χ4v) is 0.595. The van der Waals surface area contributed by atoms with Gasteiger partial charge in [-0.25, -0.2) is 4.79 Å². The molecule has 0 rings (SSSR count). The molecule has 0 aromatic rings. The first-order valence-corrected chi connectivity index (χ1v) is 3.70. The minimum atomic E-state index is -1.03. The molecule has 0 aliphatic carbocycles. The van der Waals surface area contributed by atoms with Crippen molar-refractivity contribution in [3.63, 3.8) is 0 Å². The van der Waals surface area contributed by atoms with Crippen LogP contribution in [0.2, 0.25) is 0 Å². The molecule has 0 saturated carbocycles. The molecule has 0 saturated heterocycles. The highest BCUT2D eigenvalue weighted by atomic mass is 19.1. The van der Waals surface area contributed by atoms with E-state index in [-0.39, 0.29) is 6.61 Å². The van der Waals surface area contributed by atoms with Crippen molar-refractivity contribution in [1.82, 2.24) is 0 Å². The number of ether oxygens (including phenoxy) is 1. The van der Waals surface area contributed by atoms with Crippen LogP contribution >= 0.6 is 0 Å². The summed E-state index contributed by atoms with van der Waals surface area (Å²) in [5, 5.41) is 0. The molecule has 0 heterocycles. The minimum absolute atomic E-state index is 0.287. The summed E-state index contributed by atoms with van der Waals surface area (Å²) < 4.78 is 16.4. The summed E-state index contributed by atoms with van der Waals surface area (Å²) in [4.78, 5) is 10.4. The van der Waals surface area contributed by atoms with Gasteiger partial charge in [0.05, 0.1) is 6.61 Å². The van der Waals surface area contributed by atoms with Crippen LogP contribution in [0.1, 0.15) is 26.2 Å². The quantitative estimate of drug-likeness (QED) is 0.350. The third-order valence-corrected chi connectivity index (χ3v) is 1.20. The van der Waals surface area contributed by atoms with Crippen molar-refractivity contribution in [3.8, 4) is 0 Å². The normalized spacial score (nSPS) is 9.27. The van der Waals surface area contributed by atoms with Crippen LogP contribution in [0.3, 0.4) is 0 Å². The maximum absolute atomic E-state index is 11.9. The van der Waals surface area contributed by atoms with Gasteiger partial charge in [-0.3, -0.25) is 0 Å². The molecule has 0 fully saturated rings. The van der Waals surface area contributed by atoms with Gasteiger partial charge < -0.3 is 4.74 Å². The van der Waals surface area contributed by atoms with Crippen molar-refractivity contribution in [3.05, 3.63) is 12.4 Å². The van der Waals surface area contributed by atoms with Crippen LogP contribution in [0.25, 0.3) is 0 Å². The van der Waals surface area contributed by atoms with E-state index in [1.54, 1.807) is 0 Å². The average Bonchev–Trinajstić information content (AvgIpc) is 1.97. The van der Waals surface area contributed by atoms with Gasteiger partial charge in [0.2, 0.25) is 5.83 Å². The van der Waals surface area contributed by atoms with Gasteiger partial charge in [-0.1, -0.05) is 26.3 Å². The number of hydrogen-bond donors (Lipinski definition) is 0. The summed E-state index contributed by atoms with van der Waals surface area (Å²) in [7, 11) is 0. The van der Waals surface area contributed by atoms with Gasteiger partial charge in [-0.05, 0) is 6.42 Å². The number of rotatable bonds is 5. The molecular weight excluding hydrogens is 147 g/mol. The van der Waals surface area contributed by atoms with Gasteiger partial charge in [0.15, 0.2) is 0 Å². The third-order valence-electron chi connectivity index (χ3n) is 1.20. The van der Waals surface area contributed by atoms with Crippen LogP contribution in [0.15, 0.2) is 12.4 Å². The fraction of sp³-hybridized carbons (Fsp3) is 0.625. The zero-order valence-corrected chi connectivity index (χ0v) is 6.73. The van der Waals surface area contributed by atoms with E-state index in [1.807, 2.05) is 6.92 Å². The predicted molar refractivity (Wildman–Crippen MR) is 40.7 cm³/mol. The Bertz CT molecular complexity index is 143. The van der Waals surface area contributed by atoms with Crippen molar-refractivity contribution in [2.75, 3.05) is 6.61 Å². The van der Waals surface area contributed by atoms with Crippen LogP contribution in [-0.2, 0) is 9.53 Å². The predicted octanol–water partition coefficient (Wildman–Crippen LogP) is 2.20. The van der Waals surface area contributed by atoms with E-state index in [4.69, 9.17) is 0 Å². The Morgan fingerprint density at radius 2 is 2.18 bits per heavy atom. The first-order chi connectivity index (χ1) is 5.18. The molecule has 0 bridgehead atoms. The Balaban J connectivity index is 3.25. The molecule has 0 aliphatic rings. The van der Waals surface area contributed by atoms with Crippen molar-refractivity contribution in [2.24, 2.45) is 0 Å². The standard InChI is InChI=1S/C8H13FO2/c1-3-4-5-6-11-8(10)7(2)9/h2-6H2,1H3. The van der Waals surface area contributed by atoms with Crippen molar-refractivity contribution >= 4 is 5.97 Å². The van der Waals surface area contributed by atoms with Crippen molar-refractivity contribution in [1.29, 1.82) is 0 Å². The van der Waals surface area contributed by atoms with Crippen LogP contribution in [-0.4, -0.2) is 12.6 Å². The van der Waals surface area contributed by atoms with Crippen LogP contribution in [0.4, 0.5) is 4.39 Å². The monoisotopic (exact) mass is 160 g/mol. The largest absolute Gasteiger partial charge is 0.460 e. The molecule has 0 amide bonds. The maximum Gasteiger partial charge on any atom is 0.366 e. The van der Waals surface area contributed by atoms with E-state index >= 15 is 0 Å². The lowest BCUT2D eigenvalue weighted by molar-refractivity contribution is -0.140. The third kappa shape index (κ3) is 5.58. The lowest BCUT2D eigenvalue weighted by Gasteiger charge is -2.00. The second-order valence-electron chi connectivity index (χ2n) is 2.25. The van der Waals surface area contributed by atoms with Crippen LogP contribution < -0.4 is 0 Å². The Labute approximate surface area is 66.0 Å². The molecule has 0 aromatic heterocycles. The summed E-state index contributed by atoms with van der Waals surface area (Å²) in [5.41, 5.74) is 0. The van der Waals surface area contributed by atoms with Crippen molar-refractivity contribution < 1.29 is 13.9 Å². The van der Waals surface area contributed by atoms with Gasteiger partial charge in [-0.15, -0.1) is 0 Å². The van der Waals surface area contributed by atoms with E-state index in [1.165, 1.54) is 0 Å². The van der Waals surface area contributed by atoms with E-state index in [0.29, 0.717) is 0 Å². The van der Waals surface area contributed by atoms with Gasteiger partial charge in [-0.2, -0.15) is 4.39 Å². The Hall–Kier alpha value is -0.860. The first kappa shape index (κ1) is 10.1. The van der Waals surface area contributed by atoms with E-state index in [9.17, 15) is 9.18 Å². The minimum Gasteiger partial charge on any atom is -0.460 e. The lowest BCUT2D eigenvalue weighted by Crippen LogP contribution is -2.05. The summed E-state index contributed by atoms with van der Waals surface area (Å²) in [6.07, 6.45) is 2.83. The number of carbonyl (C=O) groups is 1. The van der Waals surface area contributed by atoms with Crippen LogP contribution in [0, 0.1) is 0 Å².